The molecule has 168 valence electrons. The second-order valence-electron chi connectivity index (χ2n) is 11.3. The van der Waals surface area contributed by atoms with Gasteiger partial charge in [0.1, 0.15) is 0 Å². The van der Waals surface area contributed by atoms with E-state index in [2.05, 4.69) is 55.4 Å². The van der Waals surface area contributed by atoms with Gasteiger partial charge in [0.05, 0.1) is 0 Å². The molecule has 0 aliphatic heterocycles. The van der Waals surface area contributed by atoms with Crippen molar-refractivity contribution in [2.75, 3.05) is 0 Å². The molecule has 4 rings (SSSR count). The maximum absolute atomic E-state index is 11.3. The second-order valence-corrected chi connectivity index (χ2v) is 11.3. The smallest absolute Gasteiger partial charge is 0.161 e. The van der Waals surface area contributed by atoms with Crippen LogP contribution in [0.2, 0.25) is 0 Å². The lowest BCUT2D eigenvalue weighted by molar-refractivity contribution is 0.0616. The maximum Gasteiger partial charge on any atom is 0.161 e. The number of phenolic OH excluding ortho intramolecular Hbond substituents is 4. The van der Waals surface area contributed by atoms with Gasteiger partial charge in [0, 0.05) is 22.0 Å². The number of rotatable bonds is 2. The Morgan fingerprint density at radius 3 is 1.65 bits per heavy atom. The van der Waals surface area contributed by atoms with Gasteiger partial charge in [0.15, 0.2) is 23.0 Å². The van der Waals surface area contributed by atoms with E-state index in [1.807, 2.05) is 12.1 Å². The normalized spacial score (nSPS) is 30.9. The average Bonchev–Trinajstić information content (AvgIpc) is 3.04. The Labute approximate surface area is 185 Å². The van der Waals surface area contributed by atoms with Crippen molar-refractivity contribution >= 4 is 0 Å². The van der Waals surface area contributed by atoms with Crippen LogP contribution in [-0.2, 0) is 16.2 Å². The summed E-state index contributed by atoms with van der Waals surface area (Å²) in [6.07, 6.45) is 0.747. The fraction of sp³-hybridized carbons (Fsp3) is 0.556. The van der Waals surface area contributed by atoms with E-state index in [9.17, 15) is 20.4 Å². The summed E-state index contributed by atoms with van der Waals surface area (Å²) in [6.45, 7) is 17.5. The van der Waals surface area contributed by atoms with E-state index in [0.29, 0.717) is 5.92 Å². The molecular weight excluding hydrogens is 388 g/mol. The van der Waals surface area contributed by atoms with E-state index in [4.69, 9.17) is 0 Å². The minimum absolute atomic E-state index is 0.0681. The van der Waals surface area contributed by atoms with Crippen molar-refractivity contribution in [2.24, 2.45) is 17.3 Å². The predicted molar refractivity (Wildman–Crippen MR) is 123 cm³/mol. The van der Waals surface area contributed by atoms with Gasteiger partial charge < -0.3 is 20.4 Å². The third kappa shape index (κ3) is 2.16. The van der Waals surface area contributed by atoms with Gasteiger partial charge in [-0.3, -0.25) is 0 Å². The number of benzene rings is 2. The van der Waals surface area contributed by atoms with Crippen LogP contribution in [-0.4, -0.2) is 20.4 Å². The molecular formula is C27H36O4. The minimum atomic E-state index is -0.635. The molecule has 0 heterocycles. The quantitative estimate of drug-likeness (QED) is 0.441. The molecule has 4 nitrogen and oxygen atoms in total. The van der Waals surface area contributed by atoms with Crippen molar-refractivity contribution in [3.05, 3.63) is 46.5 Å². The first kappa shape index (κ1) is 21.9. The van der Waals surface area contributed by atoms with Gasteiger partial charge in [-0.15, -0.1) is 0 Å². The Morgan fingerprint density at radius 2 is 1.16 bits per heavy atom. The maximum atomic E-state index is 11.3. The molecule has 0 saturated carbocycles. The number of hydrogen-bond donors (Lipinski definition) is 4. The molecule has 3 atom stereocenters. The van der Waals surface area contributed by atoms with Crippen LogP contribution in [0.1, 0.15) is 84.1 Å². The molecule has 0 saturated heterocycles. The highest BCUT2D eigenvalue weighted by Crippen LogP contribution is 2.76. The summed E-state index contributed by atoms with van der Waals surface area (Å²) in [6, 6.07) is 7.02. The standard InChI is InChI=1S/C27H36O4/c1-14(2)25(7)13-27(21-16(25)9-11-19(29)23(21)31)17-10-12-18(28)22(30)20(17)26(8,15(3)4)24(27,5)6/h9-12,14-15,28-31H,13H2,1-8H3. The lowest BCUT2D eigenvalue weighted by Gasteiger charge is -2.51. The second kappa shape index (κ2) is 6.11. The molecule has 2 aromatic carbocycles. The zero-order chi connectivity index (χ0) is 23.3. The summed E-state index contributed by atoms with van der Waals surface area (Å²) < 4.78 is 0. The minimum Gasteiger partial charge on any atom is -0.504 e. The van der Waals surface area contributed by atoms with Crippen LogP contribution >= 0.6 is 0 Å². The van der Waals surface area contributed by atoms with E-state index in [-0.39, 0.29) is 34.3 Å². The summed E-state index contributed by atoms with van der Waals surface area (Å²) in [4.78, 5) is 0. The van der Waals surface area contributed by atoms with Crippen molar-refractivity contribution in [3.63, 3.8) is 0 Å². The van der Waals surface area contributed by atoms with Crippen molar-refractivity contribution in [1.82, 2.24) is 0 Å². The summed E-state index contributed by atoms with van der Waals surface area (Å²) in [5.41, 5.74) is 1.73. The Balaban J connectivity index is 2.25. The highest BCUT2D eigenvalue weighted by Gasteiger charge is 2.71. The monoisotopic (exact) mass is 424 g/mol. The molecule has 2 aliphatic rings. The van der Waals surface area contributed by atoms with Crippen LogP contribution < -0.4 is 0 Å². The lowest BCUT2D eigenvalue weighted by atomic mass is 9.51. The van der Waals surface area contributed by atoms with Gasteiger partial charge in [-0.05, 0) is 52.3 Å². The largest absolute Gasteiger partial charge is 0.504 e. The van der Waals surface area contributed by atoms with Crippen LogP contribution in [0.15, 0.2) is 24.3 Å². The number of phenols is 4. The van der Waals surface area contributed by atoms with E-state index in [1.54, 1.807) is 12.1 Å². The van der Waals surface area contributed by atoms with E-state index < -0.39 is 16.2 Å². The first-order valence-electron chi connectivity index (χ1n) is 11.3. The Bertz CT molecular complexity index is 1080. The fourth-order valence-electron chi connectivity index (χ4n) is 7.07. The zero-order valence-corrected chi connectivity index (χ0v) is 20.0. The van der Waals surface area contributed by atoms with Crippen molar-refractivity contribution in [3.8, 4) is 23.0 Å². The third-order valence-electron chi connectivity index (χ3n) is 9.76. The molecule has 2 aliphatic carbocycles. The summed E-state index contributed by atoms with van der Waals surface area (Å²) in [7, 11) is 0. The number of fused-ring (bicyclic) bond motifs is 4. The van der Waals surface area contributed by atoms with Crippen LogP contribution in [0.25, 0.3) is 0 Å². The van der Waals surface area contributed by atoms with Crippen molar-refractivity contribution in [2.45, 2.75) is 78.1 Å². The molecule has 0 fully saturated rings. The molecule has 0 aromatic heterocycles. The Kier molecular flexibility index (Phi) is 4.31. The predicted octanol–water partition coefficient (Wildman–Crippen LogP) is 6.07. The highest BCUT2D eigenvalue weighted by atomic mass is 16.3. The van der Waals surface area contributed by atoms with Crippen molar-refractivity contribution < 1.29 is 20.4 Å². The zero-order valence-electron chi connectivity index (χ0n) is 20.0. The Morgan fingerprint density at radius 1 is 0.677 bits per heavy atom. The first-order chi connectivity index (χ1) is 14.2. The molecule has 1 spiro atoms. The van der Waals surface area contributed by atoms with E-state index >= 15 is 0 Å². The van der Waals surface area contributed by atoms with Crippen LogP contribution in [0.4, 0.5) is 0 Å². The topological polar surface area (TPSA) is 80.9 Å². The van der Waals surface area contributed by atoms with Crippen molar-refractivity contribution in [1.29, 1.82) is 0 Å². The summed E-state index contributed by atoms with van der Waals surface area (Å²) in [5, 5.41) is 43.4. The van der Waals surface area contributed by atoms with E-state index in [0.717, 1.165) is 28.7 Å². The first-order valence-corrected chi connectivity index (χ1v) is 11.3. The van der Waals surface area contributed by atoms with Gasteiger partial charge in [0.25, 0.3) is 0 Å². The van der Waals surface area contributed by atoms with Gasteiger partial charge in [-0.25, -0.2) is 0 Å². The molecule has 0 bridgehead atoms. The van der Waals surface area contributed by atoms with E-state index in [1.165, 1.54) is 0 Å². The van der Waals surface area contributed by atoms with Crippen LogP contribution in [0.5, 0.6) is 23.0 Å². The van der Waals surface area contributed by atoms with Crippen LogP contribution in [0, 0.1) is 17.3 Å². The van der Waals surface area contributed by atoms with Gasteiger partial charge >= 0.3 is 0 Å². The molecule has 3 unspecified atom stereocenters. The Hall–Kier alpha value is -2.36. The van der Waals surface area contributed by atoms with Gasteiger partial charge in [0.2, 0.25) is 0 Å². The van der Waals surface area contributed by atoms with Crippen LogP contribution in [0.3, 0.4) is 0 Å². The fourth-order valence-corrected chi connectivity index (χ4v) is 7.07. The third-order valence-corrected chi connectivity index (χ3v) is 9.76. The average molecular weight is 425 g/mol. The molecule has 0 amide bonds. The molecule has 2 aromatic rings. The molecule has 4 heteroatoms. The number of aromatic hydroxyl groups is 4. The molecule has 0 radical (unpaired) electrons. The van der Waals surface area contributed by atoms with Gasteiger partial charge in [-0.2, -0.15) is 0 Å². The highest BCUT2D eigenvalue weighted by molar-refractivity contribution is 5.71. The lowest BCUT2D eigenvalue weighted by Crippen LogP contribution is -2.50. The SMILES string of the molecule is CC(C)C1(C)CC2(c3ccc(O)c(O)c3C(C)(C(C)C)C2(C)C)c2c1ccc(O)c2O. The summed E-state index contributed by atoms with van der Waals surface area (Å²) >= 11 is 0. The number of hydrogen-bond acceptors (Lipinski definition) is 4. The summed E-state index contributed by atoms with van der Waals surface area (Å²) in [5.74, 6) is 0.0695. The molecule has 4 N–H and O–H groups in total. The van der Waals surface area contributed by atoms with Gasteiger partial charge in [-0.1, -0.05) is 67.5 Å². The molecule has 31 heavy (non-hydrogen) atoms.